The Hall–Kier alpha value is -1.47. The summed E-state index contributed by atoms with van der Waals surface area (Å²) < 4.78 is 48.2. The van der Waals surface area contributed by atoms with Crippen molar-refractivity contribution in [2.24, 2.45) is 82.9 Å². The number of carbonyl (C=O) groups excluding carboxylic acids is 3. The zero-order valence-corrected chi connectivity index (χ0v) is 56.5. The second-order valence-electron chi connectivity index (χ2n) is 28.1. The maximum atomic E-state index is 12.6. The quantitative estimate of drug-likeness (QED) is 0.114. The Labute approximate surface area is 526 Å². The molecule has 3 heterocycles. The van der Waals surface area contributed by atoms with Crippen LogP contribution in [0.25, 0.3) is 0 Å². The largest absolute Gasteiger partial charge is 0.490 e. The minimum atomic E-state index is -5.08. The Bertz CT molecular complexity index is 1730. The van der Waals surface area contributed by atoms with Crippen LogP contribution in [0, 0.1) is 82.9 Å². The third kappa shape index (κ3) is 31.4. The molecule has 0 aromatic heterocycles. The Morgan fingerprint density at radius 3 is 1.36 bits per heavy atom. The molecule has 9 fully saturated rings. The molecule has 3 saturated heterocycles. The maximum Gasteiger partial charge on any atom is 0.490 e. The summed E-state index contributed by atoms with van der Waals surface area (Å²) in [5, 5.41) is 17.9. The van der Waals surface area contributed by atoms with Gasteiger partial charge < -0.3 is 29.2 Å². The van der Waals surface area contributed by atoms with Gasteiger partial charge in [-0.15, -0.1) is 23.2 Å². The lowest BCUT2D eigenvalue weighted by molar-refractivity contribution is -0.192. The Kier molecular flexibility index (Phi) is 40.4. The van der Waals surface area contributed by atoms with Gasteiger partial charge in [0.2, 0.25) is 0 Å². The van der Waals surface area contributed by atoms with E-state index in [1.165, 1.54) is 205 Å². The molecule has 0 bridgehead atoms. The molecule has 0 aromatic carbocycles. The van der Waals surface area contributed by atoms with Gasteiger partial charge in [0.05, 0.1) is 23.5 Å². The smallest absolute Gasteiger partial charge is 0.475 e. The van der Waals surface area contributed by atoms with Crippen molar-refractivity contribution in [3.05, 3.63) is 0 Å². The molecule has 14 heteroatoms. The van der Waals surface area contributed by atoms with Gasteiger partial charge in [-0.05, 0) is 207 Å². The van der Waals surface area contributed by atoms with Crippen molar-refractivity contribution in [3.8, 4) is 0 Å². The number of ether oxygens (including phenoxy) is 3. The fourth-order valence-electron chi connectivity index (χ4n) is 15.8. The lowest BCUT2D eigenvalue weighted by Crippen LogP contribution is -2.40. The molecule has 2 N–H and O–H groups in total. The first-order valence-electron chi connectivity index (χ1n) is 35.2. The number of carbonyl (C=O) groups is 4. The van der Waals surface area contributed by atoms with Crippen molar-refractivity contribution < 1.29 is 56.8 Å². The van der Waals surface area contributed by atoms with Crippen LogP contribution >= 0.6 is 23.2 Å². The number of hydrogen-bond acceptors (Lipinski definition) is 8. The number of hydrogen-bond donors (Lipinski definition) is 2. The number of aliphatic carboxylic acids is 1. The predicted octanol–water partition coefficient (Wildman–Crippen LogP) is 20.1. The lowest BCUT2D eigenvalue weighted by Gasteiger charge is -2.40. The Morgan fingerprint density at radius 1 is 0.553 bits per heavy atom. The molecule has 0 radical (unpaired) electrons. The monoisotopic (exact) mass is 1250 g/mol. The second-order valence-corrected chi connectivity index (χ2v) is 28.9. The van der Waals surface area contributed by atoms with Crippen molar-refractivity contribution in [2.75, 3.05) is 25.2 Å². The van der Waals surface area contributed by atoms with Crippen molar-refractivity contribution in [2.45, 2.75) is 317 Å². The van der Waals surface area contributed by atoms with Gasteiger partial charge in [-0.2, -0.15) is 13.2 Å². The number of rotatable bonds is 16. The summed E-state index contributed by atoms with van der Waals surface area (Å²) in [6.45, 7) is 20.4. The molecule has 6 saturated carbocycles. The van der Waals surface area contributed by atoms with E-state index in [1.54, 1.807) is 13.8 Å². The van der Waals surface area contributed by atoms with E-state index in [1.807, 2.05) is 0 Å². The number of esters is 1. The van der Waals surface area contributed by atoms with Crippen LogP contribution in [0.2, 0.25) is 0 Å². The Morgan fingerprint density at radius 2 is 0.965 bits per heavy atom. The molecule has 6 aliphatic carbocycles. The van der Waals surface area contributed by atoms with E-state index in [9.17, 15) is 32.7 Å². The highest BCUT2D eigenvalue weighted by molar-refractivity contribution is 6.40. The van der Waals surface area contributed by atoms with Crippen molar-refractivity contribution in [1.29, 1.82) is 0 Å². The summed E-state index contributed by atoms with van der Waals surface area (Å²) in [6.07, 6.45) is 42.3. The van der Waals surface area contributed by atoms with Crippen LogP contribution in [0.3, 0.4) is 0 Å². The summed E-state index contributed by atoms with van der Waals surface area (Å²) in [7, 11) is 0. The molecule has 0 amide bonds. The van der Waals surface area contributed by atoms with E-state index in [0.717, 1.165) is 93.4 Å². The van der Waals surface area contributed by atoms with Gasteiger partial charge in [0.1, 0.15) is 17.7 Å². The van der Waals surface area contributed by atoms with Crippen LogP contribution in [-0.4, -0.2) is 83.4 Å². The first-order valence-corrected chi connectivity index (χ1v) is 36.2. The van der Waals surface area contributed by atoms with Crippen LogP contribution in [-0.2, 0) is 33.4 Å². The van der Waals surface area contributed by atoms with E-state index >= 15 is 0 Å². The minimum absolute atomic E-state index is 0.155. The normalized spacial score (nSPS) is 33.6. The van der Waals surface area contributed by atoms with E-state index in [-0.39, 0.29) is 35.4 Å². The number of carboxylic acid groups (broad SMARTS) is 1. The molecule has 9 nitrogen and oxygen atoms in total. The number of halogens is 5. The molecule has 0 spiro atoms. The number of aliphatic hydroxyl groups excluding tert-OH is 1. The minimum Gasteiger partial charge on any atom is -0.475 e. The van der Waals surface area contributed by atoms with Gasteiger partial charge in [0, 0.05) is 32.2 Å². The molecule has 3 aliphatic heterocycles. The Balaban J connectivity index is 0.000000284. The molecule has 498 valence electrons. The second kappa shape index (κ2) is 44.1. The fraction of sp³-hybridized carbons (Fsp3) is 0.944. The number of aliphatic hydroxyl groups is 1. The lowest BCUT2D eigenvalue weighted by atomic mass is 9.71. The van der Waals surface area contributed by atoms with Crippen LogP contribution in [0.5, 0.6) is 0 Å². The summed E-state index contributed by atoms with van der Waals surface area (Å²) in [5.74, 6) is 7.98. The number of ketones is 2. The van der Waals surface area contributed by atoms with E-state index in [4.69, 9.17) is 47.3 Å². The summed E-state index contributed by atoms with van der Waals surface area (Å²) in [5.41, 5.74) is 0. The number of cyclic esters (lactones) is 1. The van der Waals surface area contributed by atoms with Gasteiger partial charge in [-0.3, -0.25) is 9.59 Å². The average Bonchev–Trinajstić information content (AvgIpc) is 4.19. The highest BCUT2D eigenvalue weighted by atomic mass is 35.5. The van der Waals surface area contributed by atoms with Crippen molar-refractivity contribution in [1.82, 2.24) is 0 Å². The third-order valence-electron chi connectivity index (χ3n) is 21.9. The SMILES string of the molecule is C1CCOC1.CC1CCC(C2CCO2)CC1.CCC1CCC(C(CCC(O)C2CCC(C)CC2)C(C)=O)CC1.CCC1CCC(CC(C)=O)CC1.CCCC1CCC(C2CCC(C3CCC(CC)CC3)C(=O)O2)CC1.ClCCl.O=C(O)C(F)(F)F. The van der Waals surface area contributed by atoms with E-state index in [0.29, 0.717) is 47.3 Å². The van der Waals surface area contributed by atoms with Gasteiger partial charge in [-0.25, -0.2) is 4.79 Å². The number of carboxylic acids is 1. The van der Waals surface area contributed by atoms with E-state index < -0.39 is 12.1 Å². The highest BCUT2D eigenvalue weighted by Crippen LogP contribution is 2.44. The topological polar surface area (TPSA) is 136 Å². The zero-order chi connectivity index (χ0) is 62.7. The molecule has 5 unspecified atom stereocenters. The van der Waals surface area contributed by atoms with Crippen LogP contribution in [0.15, 0.2) is 0 Å². The zero-order valence-electron chi connectivity index (χ0n) is 54.9. The van der Waals surface area contributed by atoms with E-state index in [2.05, 4.69) is 41.5 Å². The maximum absolute atomic E-state index is 12.6. The fourth-order valence-corrected chi connectivity index (χ4v) is 15.8. The summed E-state index contributed by atoms with van der Waals surface area (Å²) in [4.78, 5) is 44.5. The molecular weight excluding hydrogens is 1120 g/mol. The predicted molar refractivity (Wildman–Crippen MR) is 342 cm³/mol. The van der Waals surface area contributed by atoms with Gasteiger partial charge in [0.15, 0.2) is 0 Å². The molecule has 5 atom stereocenters. The molecule has 85 heavy (non-hydrogen) atoms. The molecular formula is C71H125Cl2F3O9. The summed E-state index contributed by atoms with van der Waals surface area (Å²) in [6, 6.07) is 0. The molecule has 9 aliphatic rings. The standard InChI is InChI=1S/C22H38O2.C21H38O2.C11H20O.C10H18O.C4H8O.C2HF3O2.CH2Cl2/c1-3-5-17-8-12-19(13-9-17)21-15-14-20(22(23)24-21)18-10-6-16(4-2)7-11-18;1-4-17-7-11-18(12-8-17)20(16(3)22)13-14-21(23)19-9-5-15(2)6-10-19;1-3-10-4-6-11(7-5-10)8-9(2)12;1-8-2-4-9(5-3-8)10-6-7-11-10;1-2-4-5-3-1;3-2(4,5)1(6)7;2-1-3/h16-21H,3-15H2,1-2H3;15,17-21,23H,4-14H2,1-3H3;10-11H,3-8H2,1-2H3;8-10H,2-7H2,1H3;1-4H2;(H,6,7);1H2. The van der Waals surface area contributed by atoms with Gasteiger partial charge >= 0.3 is 18.1 Å². The van der Waals surface area contributed by atoms with Crippen LogP contribution in [0.1, 0.15) is 293 Å². The summed E-state index contributed by atoms with van der Waals surface area (Å²) >= 11 is 9.53. The van der Waals surface area contributed by atoms with Crippen molar-refractivity contribution in [3.63, 3.8) is 0 Å². The van der Waals surface area contributed by atoms with Crippen LogP contribution < -0.4 is 0 Å². The molecule has 9 rings (SSSR count). The number of alkyl halides is 5. The third-order valence-corrected chi connectivity index (χ3v) is 21.9. The number of Topliss-reactive ketones (excluding diaryl/α,β-unsaturated/α-hetero) is 2. The van der Waals surface area contributed by atoms with Gasteiger partial charge in [0.25, 0.3) is 0 Å². The van der Waals surface area contributed by atoms with Crippen molar-refractivity contribution >= 4 is 46.7 Å². The highest BCUT2D eigenvalue weighted by Gasteiger charge is 2.41. The average molecular weight is 1250 g/mol. The molecule has 0 aromatic rings. The van der Waals surface area contributed by atoms with Gasteiger partial charge in [-0.1, -0.05) is 151 Å². The first kappa shape index (κ1) is 77.8. The van der Waals surface area contributed by atoms with Crippen LogP contribution in [0.4, 0.5) is 13.2 Å². The first-order chi connectivity index (χ1) is 40.7.